The van der Waals surface area contributed by atoms with Gasteiger partial charge >= 0.3 is 0 Å². The van der Waals surface area contributed by atoms with Crippen LogP contribution in [0.15, 0.2) is 18.2 Å². The molecule has 2 nitrogen and oxygen atoms in total. The lowest BCUT2D eigenvalue weighted by molar-refractivity contribution is 0.118. The zero-order chi connectivity index (χ0) is 13.8. The van der Waals surface area contributed by atoms with E-state index in [1.807, 2.05) is 12.1 Å². The van der Waals surface area contributed by atoms with Crippen LogP contribution in [0, 0.1) is 23.2 Å². The summed E-state index contributed by atoms with van der Waals surface area (Å²) in [6.07, 6.45) is 2.63. The molecule has 0 heterocycles. The third kappa shape index (κ3) is 1.76. The number of aromatic hydroxyl groups is 1. The molecule has 0 radical (unpaired) electrons. The molecule has 1 aromatic rings. The lowest BCUT2D eigenvalue weighted by Gasteiger charge is -2.41. The smallest absolute Gasteiger partial charge is 0.160 e. The quantitative estimate of drug-likeness (QED) is 0.864. The Labute approximate surface area is 115 Å². The van der Waals surface area contributed by atoms with Crippen molar-refractivity contribution >= 4 is 0 Å². The third-order valence-corrected chi connectivity index (χ3v) is 6.07. The van der Waals surface area contributed by atoms with Crippen LogP contribution in [0.3, 0.4) is 0 Å². The minimum Gasteiger partial charge on any atom is -0.504 e. The van der Waals surface area contributed by atoms with E-state index >= 15 is 0 Å². The highest BCUT2D eigenvalue weighted by molar-refractivity contribution is 5.43. The Bertz CT molecular complexity index is 492. The van der Waals surface area contributed by atoms with Crippen molar-refractivity contribution < 1.29 is 9.84 Å². The summed E-state index contributed by atoms with van der Waals surface area (Å²) in [4.78, 5) is 0. The van der Waals surface area contributed by atoms with Gasteiger partial charge in [-0.1, -0.05) is 26.8 Å². The monoisotopic (exact) mass is 260 g/mol. The van der Waals surface area contributed by atoms with E-state index in [9.17, 15) is 5.11 Å². The highest BCUT2D eigenvalue weighted by atomic mass is 16.5. The standard InChI is InChI=1S/C17H24O2/c1-10-12-7-13(14(8-12)17(10,2)3)11-5-6-16(19-4)15(18)9-11/h5-6,9-10,12-14,18H,7-8H2,1-4H3/t10-,12+,13+,14+/m1/s1. The molecule has 1 aromatic carbocycles. The molecule has 2 fully saturated rings. The number of rotatable bonds is 2. The van der Waals surface area contributed by atoms with E-state index in [-0.39, 0.29) is 5.75 Å². The second-order valence-electron chi connectivity index (χ2n) is 6.99. The number of phenolic OH excluding ortho intramolecular Hbond substituents is 1. The van der Waals surface area contributed by atoms with Gasteiger partial charge in [0.1, 0.15) is 0 Å². The molecule has 0 aliphatic heterocycles. The predicted octanol–water partition coefficient (Wildman–Crippen LogP) is 4.19. The number of ether oxygens (including phenoxy) is 1. The molecule has 0 unspecified atom stereocenters. The second-order valence-corrected chi connectivity index (χ2v) is 6.99. The summed E-state index contributed by atoms with van der Waals surface area (Å²) in [5.74, 6) is 3.87. The first-order valence-electron chi connectivity index (χ1n) is 7.32. The van der Waals surface area contributed by atoms with E-state index in [4.69, 9.17) is 4.74 Å². The zero-order valence-electron chi connectivity index (χ0n) is 12.3. The molecule has 3 rings (SSSR count). The summed E-state index contributed by atoms with van der Waals surface area (Å²) < 4.78 is 5.13. The van der Waals surface area contributed by atoms with Crippen molar-refractivity contribution in [1.82, 2.24) is 0 Å². The second kappa shape index (κ2) is 4.16. The van der Waals surface area contributed by atoms with Crippen LogP contribution in [-0.2, 0) is 0 Å². The topological polar surface area (TPSA) is 29.5 Å². The van der Waals surface area contributed by atoms with E-state index in [2.05, 4.69) is 26.8 Å². The molecule has 2 bridgehead atoms. The summed E-state index contributed by atoms with van der Waals surface area (Å²) in [5.41, 5.74) is 1.70. The van der Waals surface area contributed by atoms with Crippen LogP contribution >= 0.6 is 0 Å². The van der Waals surface area contributed by atoms with Crippen molar-refractivity contribution in [2.75, 3.05) is 7.11 Å². The van der Waals surface area contributed by atoms with Gasteiger partial charge in [0, 0.05) is 0 Å². The van der Waals surface area contributed by atoms with Crippen molar-refractivity contribution in [3.05, 3.63) is 23.8 Å². The van der Waals surface area contributed by atoms with E-state index in [1.165, 1.54) is 18.4 Å². The van der Waals surface area contributed by atoms with Gasteiger partial charge in [0.05, 0.1) is 7.11 Å². The van der Waals surface area contributed by atoms with Crippen LogP contribution in [-0.4, -0.2) is 12.2 Å². The normalized spacial score (nSPS) is 35.6. The van der Waals surface area contributed by atoms with E-state index in [0.29, 0.717) is 17.1 Å². The lowest BCUT2D eigenvalue weighted by Crippen LogP contribution is -2.32. The molecule has 0 spiro atoms. The number of methoxy groups -OCH3 is 1. The Hall–Kier alpha value is -1.18. The highest BCUT2D eigenvalue weighted by Gasteiger charge is 2.55. The van der Waals surface area contributed by atoms with Crippen LogP contribution < -0.4 is 4.74 Å². The number of benzene rings is 1. The summed E-state index contributed by atoms with van der Waals surface area (Å²) in [7, 11) is 1.59. The van der Waals surface area contributed by atoms with Gasteiger partial charge in [-0.05, 0) is 59.6 Å². The van der Waals surface area contributed by atoms with Crippen molar-refractivity contribution in [2.45, 2.75) is 39.5 Å². The molecule has 2 heteroatoms. The highest BCUT2D eigenvalue weighted by Crippen LogP contribution is 2.64. The fourth-order valence-corrected chi connectivity index (χ4v) is 4.56. The molecule has 2 saturated carbocycles. The summed E-state index contributed by atoms with van der Waals surface area (Å²) in [6.45, 7) is 7.24. The average molecular weight is 260 g/mol. The third-order valence-electron chi connectivity index (χ3n) is 6.07. The molecule has 4 atom stereocenters. The van der Waals surface area contributed by atoms with E-state index in [0.717, 1.165) is 17.8 Å². The summed E-state index contributed by atoms with van der Waals surface area (Å²) in [5, 5.41) is 9.98. The molecular weight excluding hydrogens is 236 g/mol. The van der Waals surface area contributed by atoms with Crippen LogP contribution in [0.5, 0.6) is 11.5 Å². The first kappa shape index (κ1) is 12.8. The molecule has 1 N–H and O–H groups in total. The summed E-state index contributed by atoms with van der Waals surface area (Å²) >= 11 is 0. The van der Waals surface area contributed by atoms with Gasteiger partial charge in [-0.2, -0.15) is 0 Å². The SMILES string of the molecule is COc1ccc([C@@H]2C[C@H]3C[C@@H]2C(C)(C)[C@@H]3C)cc1O. The Morgan fingerprint density at radius 2 is 2.00 bits per heavy atom. The Kier molecular flexibility index (Phi) is 2.81. The first-order chi connectivity index (χ1) is 8.95. The van der Waals surface area contributed by atoms with Crippen LogP contribution in [0.2, 0.25) is 0 Å². The van der Waals surface area contributed by atoms with Gasteiger partial charge < -0.3 is 9.84 Å². The molecular formula is C17H24O2. The fraction of sp³-hybridized carbons (Fsp3) is 0.647. The first-order valence-corrected chi connectivity index (χ1v) is 7.32. The Balaban J connectivity index is 1.91. The number of hydrogen-bond acceptors (Lipinski definition) is 2. The van der Waals surface area contributed by atoms with Crippen molar-refractivity contribution in [3.8, 4) is 11.5 Å². The minimum absolute atomic E-state index is 0.272. The average Bonchev–Trinajstić information content (AvgIpc) is 2.90. The molecule has 19 heavy (non-hydrogen) atoms. The number of phenols is 1. The largest absolute Gasteiger partial charge is 0.504 e. The minimum atomic E-state index is 0.272. The maximum absolute atomic E-state index is 9.98. The van der Waals surface area contributed by atoms with Crippen molar-refractivity contribution in [1.29, 1.82) is 0 Å². The Morgan fingerprint density at radius 3 is 2.53 bits per heavy atom. The lowest BCUT2D eigenvalue weighted by atomic mass is 9.64. The van der Waals surface area contributed by atoms with Crippen molar-refractivity contribution in [2.24, 2.45) is 23.2 Å². The van der Waals surface area contributed by atoms with Gasteiger partial charge in [-0.3, -0.25) is 0 Å². The maximum atomic E-state index is 9.98. The molecule has 2 aliphatic carbocycles. The van der Waals surface area contributed by atoms with Gasteiger partial charge in [0.2, 0.25) is 0 Å². The number of fused-ring (bicyclic) bond motifs is 2. The van der Waals surface area contributed by atoms with E-state index < -0.39 is 0 Å². The van der Waals surface area contributed by atoms with Gasteiger partial charge in [-0.25, -0.2) is 0 Å². The number of hydrogen-bond donors (Lipinski definition) is 1. The predicted molar refractivity (Wildman–Crippen MR) is 76.6 cm³/mol. The van der Waals surface area contributed by atoms with E-state index in [1.54, 1.807) is 7.11 Å². The molecule has 104 valence electrons. The van der Waals surface area contributed by atoms with Crippen LogP contribution in [0.1, 0.15) is 45.1 Å². The fourth-order valence-electron chi connectivity index (χ4n) is 4.56. The zero-order valence-corrected chi connectivity index (χ0v) is 12.3. The van der Waals surface area contributed by atoms with Crippen molar-refractivity contribution in [3.63, 3.8) is 0 Å². The maximum Gasteiger partial charge on any atom is 0.160 e. The molecule has 0 amide bonds. The molecule has 0 aromatic heterocycles. The van der Waals surface area contributed by atoms with Gasteiger partial charge in [0.15, 0.2) is 11.5 Å². The Morgan fingerprint density at radius 1 is 1.26 bits per heavy atom. The van der Waals surface area contributed by atoms with Gasteiger partial charge in [0.25, 0.3) is 0 Å². The molecule has 2 aliphatic rings. The summed E-state index contributed by atoms with van der Waals surface area (Å²) in [6, 6.07) is 5.93. The van der Waals surface area contributed by atoms with Crippen LogP contribution in [0.4, 0.5) is 0 Å². The molecule has 0 saturated heterocycles. The van der Waals surface area contributed by atoms with Crippen LogP contribution in [0.25, 0.3) is 0 Å². The van der Waals surface area contributed by atoms with Gasteiger partial charge in [-0.15, -0.1) is 0 Å².